The predicted molar refractivity (Wildman–Crippen MR) is 165 cm³/mol. The molecule has 228 valence electrons. The molecule has 3 aromatic rings. The van der Waals surface area contributed by atoms with Crippen LogP contribution in [0.3, 0.4) is 0 Å². The average Bonchev–Trinajstić information content (AvgIpc) is 3.44. The lowest BCUT2D eigenvalue weighted by Crippen LogP contribution is -2.57. The summed E-state index contributed by atoms with van der Waals surface area (Å²) in [5.41, 5.74) is 2.17. The van der Waals surface area contributed by atoms with Crippen molar-refractivity contribution < 1.29 is 33.4 Å². The fraction of sp³-hybridized carbons (Fsp3) is 0.212. The fourth-order valence-electron chi connectivity index (χ4n) is 5.85. The van der Waals surface area contributed by atoms with Gasteiger partial charge in [0.25, 0.3) is 23.6 Å². The Kier molecular flexibility index (Phi) is 7.67. The summed E-state index contributed by atoms with van der Waals surface area (Å²) in [5.74, 6) is -2.11. The van der Waals surface area contributed by atoms with Crippen molar-refractivity contribution in [2.75, 3.05) is 27.1 Å². The highest BCUT2D eigenvalue weighted by atomic mass is 32.1. The third kappa shape index (κ3) is 4.83. The molecule has 1 atom stereocenters. The van der Waals surface area contributed by atoms with E-state index < -0.39 is 35.6 Å². The molecule has 3 aliphatic heterocycles. The summed E-state index contributed by atoms with van der Waals surface area (Å²) in [6.07, 6.45) is 0. The minimum absolute atomic E-state index is 0.0756. The number of carbonyl (C=O) groups is 5. The third-order valence-corrected chi connectivity index (χ3v) is 8.57. The minimum Gasteiger partial charge on any atom is -0.497 e. The molecule has 0 radical (unpaired) electrons. The van der Waals surface area contributed by atoms with E-state index >= 15 is 0 Å². The Morgan fingerprint density at radius 1 is 0.733 bits per heavy atom. The first-order valence-electron chi connectivity index (χ1n) is 14.2. The second kappa shape index (κ2) is 11.6. The number of thiocarbonyl (C=S) groups is 1. The summed E-state index contributed by atoms with van der Waals surface area (Å²) < 4.78 is 10.8. The Hall–Kier alpha value is -5.36. The van der Waals surface area contributed by atoms with Crippen molar-refractivity contribution in [3.63, 3.8) is 0 Å². The highest BCUT2D eigenvalue weighted by Crippen LogP contribution is 2.40. The molecule has 0 aliphatic carbocycles. The smallest absolute Gasteiger partial charge is 0.338 e. The van der Waals surface area contributed by atoms with Gasteiger partial charge < -0.3 is 19.3 Å². The average molecular weight is 625 g/mol. The molecule has 0 fully saturated rings. The quantitative estimate of drug-likeness (QED) is 0.207. The molecule has 3 aromatic carbocycles. The van der Waals surface area contributed by atoms with Gasteiger partial charge in [-0.3, -0.25) is 29.0 Å². The van der Waals surface area contributed by atoms with Crippen LogP contribution in [0.5, 0.6) is 5.75 Å². The van der Waals surface area contributed by atoms with E-state index in [0.717, 1.165) is 9.80 Å². The number of hydrogen-bond acceptors (Lipinski definition) is 8. The lowest BCUT2D eigenvalue weighted by atomic mass is 9.93. The number of nitrogens with zero attached hydrogens (tertiary/aromatic N) is 4. The van der Waals surface area contributed by atoms with Gasteiger partial charge in [0, 0.05) is 5.70 Å². The van der Waals surface area contributed by atoms with Crippen molar-refractivity contribution in [1.29, 1.82) is 0 Å². The third-order valence-electron chi connectivity index (χ3n) is 8.12. The van der Waals surface area contributed by atoms with Gasteiger partial charge in [-0.1, -0.05) is 36.4 Å². The summed E-state index contributed by atoms with van der Waals surface area (Å²) >= 11 is 5.99. The van der Waals surface area contributed by atoms with Crippen LogP contribution in [0.15, 0.2) is 84.1 Å². The largest absolute Gasteiger partial charge is 0.497 e. The normalized spacial score (nSPS) is 17.8. The molecule has 0 spiro atoms. The van der Waals surface area contributed by atoms with Crippen LogP contribution in [0.4, 0.5) is 0 Å². The highest BCUT2D eigenvalue weighted by molar-refractivity contribution is 7.80. The summed E-state index contributed by atoms with van der Waals surface area (Å²) in [5, 5.41) is 0.0921. The van der Waals surface area contributed by atoms with Gasteiger partial charge in [-0.15, -0.1) is 0 Å². The summed E-state index contributed by atoms with van der Waals surface area (Å²) in [4.78, 5) is 72.5. The first kappa shape index (κ1) is 29.7. The number of hydrogen-bond donors (Lipinski definition) is 0. The number of allylic oxidation sites excluding steroid dienone is 1. The number of imide groups is 2. The number of carbonyl (C=O) groups excluding carboxylic acids is 5. The Bertz CT molecular complexity index is 1750. The first-order chi connectivity index (χ1) is 21.7. The Labute approximate surface area is 264 Å². The molecule has 11 nitrogen and oxygen atoms in total. The summed E-state index contributed by atoms with van der Waals surface area (Å²) in [7, 11) is 1.53. The zero-order valence-electron chi connectivity index (χ0n) is 24.7. The highest BCUT2D eigenvalue weighted by Gasteiger charge is 2.46. The monoisotopic (exact) mass is 624 g/mol. The minimum atomic E-state index is -0.898. The molecule has 3 heterocycles. The number of benzene rings is 3. The van der Waals surface area contributed by atoms with Gasteiger partial charge in [-0.2, -0.15) is 0 Å². The maximum Gasteiger partial charge on any atom is 0.338 e. The van der Waals surface area contributed by atoms with E-state index in [-0.39, 0.29) is 52.9 Å². The summed E-state index contributed by atoms with van der Waals surface area (Å²) in [6.45, 7) is 2.78. The number of amides is 4. The van der Waals surface area contributed by atoms with Crippen molar-refractivity contribution in [3.8, 4) is 5.75 Å². The molecule has 4 amide bonds. The number of rotatable bonds is 8. The molecule has 0 saturated carbocycles. The molecule has 6 rings (SSSR count). The number of ether oxygens (including phenoxy) is 2. The Morgan fingerprint density at radius 2 is 1.20 bits per heavy atom. The van der Waals surface area contributed by atoms with Crippen molar-refractivity contribution in [1.82, 2.24) is 19.6 Å². The SMILES string of the molecule is CCOC(=O)C1=C(C)N(CN2C(=O)c3ccccc3C2=O)C(=S)N(CN2C(=O)c3ccccc3C2=O)C1c1ccc(OC)cc1. The van der Waals surface area contributed by atoms with Crippen molar-refractivity contribution in [3.05, 3.63) is 112 Å². The van der Waals surface area contributed by atoms with E-state index in [0.29, 0.717) is 17.0 Å². The van der Waals surface area contributed by atoms with Crippen LogP contribution in [0, 0.1) is 0 Å². The summed E-state index contributed by atoms with van der Waals surface area (Å²) in [6, 6.07) is 19.1. The molecule has 45 heavy (non-hydrogen) atoms. The van der Waals surface area contributed by atoms with Crippen LogP contribution in [0.25, 0.3) is 0 Å². The van der Waals surface area contributed by atoms with Gasteiger partial charge >= 0.3 is 5.97 Å². The van der Waals surface area contributed by atoms with Gasteiger partial charge in [0.2, 0.25) is 0 Å². The van der Waals surface area contributed by atoms with Crippen LogP contribution >= 0.6 is 12.2 Å². The van der Waals surface area contributed by atoms with Crippen LogP contribution < -0.4 is 4.74 Å². The van der Waals surface area contributed by atoms with Crippen LogP contribution in [-0.4, -0.2) is 81.4 Å². The van der Waals surface area contributed by atoms with Crippen molar-refractivity contribution >= 4 is 46.9 Å². The maximum absolute atomic E-state index is 13.7. The molecule has 0 aromatic heterocycles. The molecule has 0 bridgehead atoms. The van der Waals surface area contributed by atoms with Crippen molar-refractivity contribution in [2.45, 2.75) is 19.9 Å². The maximum atomic E-state index is 13.7. The molecule has 0 saturated heterocycles. The molecule has 3 aliphatic rings. The predicted octanol–water partition coefficient (Wildman–Crippen LogP) is 3.98. The van der Waals surface area contributed by atoms with E-state index in [4.69, 9.17) is 21.7 Å². The van der Waals surface area contributed by atoms with E-state index in [1.165, 1.54) is 12.0 Å². The van der Waals surface area contributed by atoms with E-state index in [1.807, 2.05) is 0 Å². The fourth-order valence-corrected chi connectivity index (χ4v) is 6.20. The number of fused-ring (bicyclic) bond motifs is 2. The molecular weight excluding hydrogens is 596 g/mol. The van der Waals surface area contributed by atoms with Crippen molar-refractivity contribution in [2.24, 2.45) is 0 Å². The van der Waals surface area contributed by atoms with Gasteiger partial charge in [0.1, 0.15) is 19.1 Å². The second-order valence-corrected chi connectivity index (χ2v) is 10.9. The number of methoxy groups -OCH3 is 1. The topological polar surface area (TPSA) is 117 Å². The van der Waals surface area contributed by atoms with Gasteiger partial charge in [0.05, 0.1) is 47.6 Å². The van der Waals surface area contributed by atoms with Gasteiger partial charge in [0.15, 0.2) is 5.11 Å². The van der Waals surface area contributed by atoms with Crippen LogP contribution in [0.2, 0.25) is 0 Å². The van der Waals surface area contributed by atoms with Crippen LogP contribution in [0.1, 0.15) is 66.9 Å². The standard InChI is InChI=1S/C33H28N4O7S/c1-4-44-32(42)26-19(2)34(17-36-28(38)22-9-5-6-10-23(22)29(36)39)33(45)35(27(26)20-13-15-21(43-3)16-14-20)18-37-30(40)24-11-7-8-12-25(24)31(37)41/h5-16,27H,4,17-18H2,1-3H3. The van der Waals surface area contributed by atoms with Crippen LogP contribution in [-0.2, 0) is 9.53 Å². The lowest BCUT2D eigenvalue weighted by molar-refractivity contribution is -0.139. The second-order valence-electron chi connectivity index (χ2n) is 10.5. The lowest BCUT2D eigenvalue weighted by Gasteiger charge is -2.46. The zero-order chi connectivity index (χ0) is 32.0. The first-order valence-corrected chi connectivity index (χ1v) is 14.6. The molecule has 1 unspecified atom stereocenters. The van der Waals surface area contributed by atoms with E-state index in [2.05, 4.69) is 0 Å². The number of esters is 1. The zero-order valence-corrected chi connectivity index (χ0v) is 25.5. The molecule has 0 N–H and O–H groups in total. The molecular formula is C33H28N4O7S. The molecule has 12 heteroatoms. The Balaban J connectivity index is 1.46. The van der Waals surface area contributed by atoms with Gasteiger partial charge in [-0.05, 0) is 68.0 Å². The van der Waals surface area contributed by atoms with Gasteiger partial charge in [-0.25, -0.2) is 4.79 Å². The van der Waals surface area contributed by atoms with E-state index in [9.17, 15) is 24.0 Å². The Morgan fingerprint density at radius 3 is 1.64 bits per heavy atom. The van der Waals surface area contributed by atoms with E-state index in [1.54, 1.807) is 91.5 Å².